The molecule has 0 atom stereocenters. The van der Waals surface area contributed by atoms with Crippen LogP contribution in [-0.4, -0.2) is 20.7 Å². The number of carboxylic acid groups (broad SMARTS) is 1. The summed E-state index contributed by atoms with van der Waals surface area (Å²) in [6.45, 7) is 0.881. The molecule has 0 bridgehead atoms. The highest BCUT2D eigenvalue weighted by atomic mass is 16.4. The van der Waals surface area contributed by atoms with Crippen LogP contribution in [0.15, 0.2) is 60.7 Å². The van der Waals surface area contributed by atoms with E-state index in [0.717, 1.165) is 47.3 Å². The highest BCUT2D eigenvalue weighted by Crippen LogP contribution is 2.43. The smallest absolute Gasteiger partial charge is 0.328 e. The minimum absolute atomic E-state index is 0.212. The fourth-order valence-electron chi connectivity index (χ4n) is 3.77. The number of nitrogens with zero attached hydrogens (tertiary/aromatic N) is 1. The Hall–Kier alpha value is -3.27. The number of carbonyl (C=O) groups is 1. The molecule has 0 spiro atoms. The first kappa shape index (κ1) is 16.2. The number of phenolic OH excluding ortho intramolecular Hbond substituents is 1. The standard InChI is InChI=1S/C22H19NO3/c24-17-10-8-16(9-11-17)22-19(12-13-20(25)26)23-14-4-7-18(23)21(22)15-5-2-1-3-6-15/h1-3,5-6,8-13,24H,4,7,14H2,(H,25,26)/b13-12+. The van der Waals surface area contributed by atoms with E-state index < -0.39 is 5.97 Å². The van der Waals surface area contributed by atoms with E-state index in [1.54, 1.807) is 18.2 Å². The third-order valence-corrected chi connectivity index (χ3v) is 4.81. The zero-order valence-electron chi connectivity index (χ0n) is 14.2. The number of carboxylic acids is 1. The molecule has 1 aliphatic heterocycles. The van der Waals surface area contributed by atoms with Crippen molar-refractivity contribution in [3.63, 3.8) is 0 Å². The topological polar surface area (TPSA) is 62.5 Å². The average molecular weight is 345 g/mol. The van der Waals surface area contributed by atoms with Gasteiger partial charge >= 0.3 is 5.97 Å². The monoisotopic (exact) mass is 345 g/mol. The molecule has 3 aromatic rings. The summed E-state index contributed by atoms with van der Waals surface area (Å²) in [5, 5.41) is 18.8. The minimum atomic E-state index is -0.962. The van der Waals surface area contributed by atoms with E-state index in [-0.39, 0.29) is 5.75 Å². The number of hydrogen-bond donors (Lipinski definition) is 2. The lowest BCUT2D eigenvalue weighted by molar-refractivity contribution is -0.131. The van der Waals surface area contributed by atoms with E-state index in [1.165, 1.54) is 11.8 Å². The molecular weight excluding hydrogens is 326 g/mol. The van der Waals surface area contributed by atoms with E-state index in [2.05, 4.69) is 16.7 Å². The second-order valence-electron chi connectivity index (χ2n) is 6.42. The lowest BCUT2D eigenvalue weighted by Gasteiger charge is -2.09. The predicted molar refractivity (Wildman–Crippen MR) is 102 cm³/mol. The third-order valence-electron chi connectivity index (χ3n) is 4.81. The summed E-state index contributed by atoms with van der Waals surface area (Å²) in [7, 11) is 0. The van der Waals surface area contributed by atoms with Crippen molar-refractivity contribution in [1.82, 2.24) is 4.57 Å². The molecule has 1 aliphatic rings. The van der Waals surface area contributed by atoms with Gasteiger partial charge in [0.1, 0.15) is 5.75 Å². The van der Waals surface area contributed by atoms with Crippen LogP contribution in [0.3, 0.4) is 0 Å². The molecule has 130 valence electrons. The maximum absolute atomic E-state index is 11.1. The molecule has 0 saturated heterocycles. The number of aliphatic carboxylic acids is 1. The van der Waals surface area contributed by atoms with Gasteiger partial charge in [-0.2, -0.15) is 0 Å². The molecule has 26 heavy (non-hydrogen) atoms. The molecule has 4 nitrogen and oxygen atoms in total. The number of fused-ring (bicyclic) bond motifs is 1. The van der Waals surface area contributed by atoms with Gasteiger partial charge in [0.2, 0.25) is 0 Å². The van der Waals surface area contributed by atoms with Crippen molar-refractivity contribution in [3.05, 3.63) is 72.1 Å². The first-order chi connectivity index (χ1) is 12.6. The van der Waals surface area contributed by atoms with E-state index in [1.807, 2.05) is 30.3 Å². The zero-order chi connectivity index (χ0) is 18.1. The first-order valence-corrected chi connectivity index (χ1v) is 8.66. The van der Waals surface area contributed by atoms with Crippen LogP contribution in [0.2, 0.25) is 0 Å². The summed E-state index contributed by atoms with van der Waals surface area (Å²) in [4.78, 5) is 11.1. The van der Waals surface area contributed by atoms with Gasteiger partial charge < -0.3 is 14.8 Å². The van der Waals surface area contributed by atoms with Gasteiger partial charge in [-0.1, -0.05) is 42.5 Å². The normalized spacial score (nSPS) is 13.2. The van der Waals surface area contributed by atoms with Gasteiger partial charge in [0.15, 0.2) is 0 Å². The SMILES string of the molecule is O=C(O)/C=C/c1c(-c2ccc(O)cc2)c(-c2ccccc2)c2n1CCC2. The second-order valence-corrected chi connectivity index (χ2v) is 6.42. The van der Waals surface area contributed by atoms with Crippen molar-refractivity contribution < 1.29 is 15.0 Å². The van der Waals surface area contributed by atoms with Crippen LogP contribution in [0, 0.1) is 0 Å². The maximum atomic E-state index is 11.1. The van der Waals surface area contributed by atoms with Crippen LogP contribution in [0.1, 0.15) is 17.8 Å². The van der Waals surface area contributed by atoms with E-state index >= 15 is 0 Å². The lowest BCUT2D eigenvalue weighted by atomic mass is 9.93. The Labute approximate surface area is 151 Å². The summed E-state index contributed by atoms with van der Waals surface area (Å²) in [6.07, 6.45) is 4.90. The molecule has 0 radical (unpaired) electrons. The lowest BCUT2D eigenvalue weighted by Crippen LogP contribution is -1.96. The number of rotatable bonds is 4. The number of benzene rings is 2. The Kier molecular flexibility index (Phi) is 4.09. The van der Waals surface area contributed by atoms with Crippen LogP contribution < -0.4 is 0 Å². The number of hydrogen-bond acceptors (Lipinski definition) is 2. The van der Waals surface area contributed by atoms with Gasteiger partial charge in [-0.05, 0) is 42.2 Å². The van der Waals surface area contributed by atoms with Crippen LogP contribution in [-0.2, 0) is 17.8 Å². The number of aromatic nitrogens is 1. The molecule has 0 aliphatic carbocycles. The molecule has 2 heterocycles. The highest BCUT2D eigenvalue weighted by Gasteiger charge is 2.26. The molecule has 2 N–H and O–H groups in total. The molecule has 2 aromatic carbocycles. The molecule has 0 unspecified atom stereocenters. The maximum Gasteiger partial charge on any atom is 0.328 e. The molecule has 0 fully saturated rings. The molecule has 4 rings (SSSR count). The zero-order valence-corrected chi connectivity index (χ0v) is 14.2. The minimum Gasteiger partial charge on any atom is -0.508 e. The summed E-state index contributed by atoms with van der Waals surface area (Å²) < 4.78 is 2.23. The Morgan fingerprint density at radius 1 is 0.962 bits per heavy atom. The predicted octanol–water partition coefficient (Wildman–Crippen LogP) is 4.57. The third kappa shape index (κ3) is 2.80. The van der Waals surface area contributed by atoms with Crippen molar-refractivity contribution in [3.8, 4) is 28.0 Å². The van der Waals surface area contributed by atoms with Crippen molar-refractivity contribution >= 4 is 12.0 Å². The van der Waals surface area contributed by atoms with Crippen molar-refractivity contribution in [1.29, 1.82) is 0 Å². The quantitative estimate of drug-likeness (QED) is 0.681. The molecule has 0 saturated carbocycles. The Morgan fingerprint density at radius 3 is 2.35 bits per heavy atom. The summed E-state index contributed by atoms with van der Waals surface area (Å²) in [5.41, 5.74) is 6.40. The van der Waals surface area contributed by atoms with Gasteiger partial charge in [0, 0.05) is 35.1 Å². The van der Waals surface area contributed by atoms with E-state index in [4.69, 9.17) is 5.11 Å². The molecule has 0 amide bonds. The Morgan fingerprint density at radius 2 is 1.65 bits per heavy atom. The van der Waals surface area contributed by atoms with Gasteiger partial charge in [-0.25, -0.2) is 4.79 Å². The highest BCUT2D eigenvalue weighted by molar-refractivity contribution is 5.94. The van der Waals surface area contributed by atoms with Gasteiger partial charge in [0.05, 0.1) is 0 Å². The molecule has 4 heteroatoms. The summed E-state index contributed by atoms with van der Waals surface area (Å²) in [5.74, 6) is -0.749. The van der Waals surface area contributed by atoms with Gasteiger partial charge in [-0.15, -0.1) is 0 Å². The van der Waals surface area contributed by atoms with Crippen LogP contribution in [0.25, 0.3) is 28.3 Å². The second kappa shape index (κ2) is 6.56. The van der Waals surface area contributed by atoms with E-state index in [9.17, 15) is 9.90 Å². The van der Waals surface area contributed by atoms with Crippen molar-refractivity contribution in [2.75, 3.05) is 0 Å². The first-order valence-electron chi connectivity index (χ1n) is 8.66. The summed E-state index contributed by atoms with van der Waals surface area (Å²) >= 11 is 0. The number of phenols is 1. The van der Waals surface area contributed by atoms with E-state index in [0.29, 0.717) is 0 Å². The summed E-state index contributed by atoms with van der Waals surface area (Å²) in [6, 6.07) is 17.3. The fourth-order valence-corrected chi connectivity index (χ4v) is 3.77. The van der Waals surface area contributed by atoms with Crippen LogP contribution in [0.4, 0.5) is 0 Å². The molecular formula is C22H19NO3. The van der Waals surface area contributed by atoms with Crippen molar-refractivity contribution in [2.24, 2.45) is 0 Å². The van der Waals surface area contributed by atoms with Crippen molar-refractivity contribution in [2.45, 2.75) is 19.4 Å². The van der Waals surface area contributed by atoms with Crippen LogP contribution >= 0.6 is 0 Å². The average Bonchev–Trinajstić information content (AvgIpc) is 3.22. The largest absolute Gasteiger partial charge is 0.508 e. The Balaban J connectivity index is 2.02. The van der Waals surface area contributed by atoms with Crippen LogP contribution in [0.5, 0.6) is 5.75 Å². The fraction of sp³-hybridized carbons (Fsp3) is 0.136. The Bertz CT molecular complexity index is 982. The number of aromatic hydroxyl groups is 1. The van der Waals surface area contributed by atoms with Gasteiger partial charge in [0.25, 0.3) is 0 Å². The van der Waals surface area contributed by atoms with Gasteiger partial charge in [-0.3, -0.25) is 0 Å². The molecule has 1 aromatic heterocycles.